The normalized spacial score (nSPS) is 50.0. The average Bonchev–Trinajstić information content (AvgIpc) is 2.50. The van der Waals surface area contributed by atoms with Crippen molar-refractivity contribution in [1.29, 1.82) is 0 Å². The molecule has 0 bridgehead atoms. The van der Waals surface area contributed by atoms with Crippen LogP contribution in [0.3, 0.4) is 0 Å². The van der Waals surface area contributed by atoms with Crippen molar-refractivity contribution in [1.82, 2.24) is 0 Å². The number of rotatable bonds is 4. The van der Waals surface area contributed by atoms with Gasteiger partial charge >= 0.3 is 0 Å². The van der Waals surface area contributed by atoms with Gasteiger partial charge in [-0.25, -0.2) is 0 Å². The summed E-state index contributed by atoms with van der Waals surface area (Å²) in [6.07, 6.45) is -12.1. The topological polar surface area (TPSA) is 169 Å². The van der Waals surface area contributed by atoms with Gasteiger partial charge in [-0.3, -0.25) is 0 Å². The minimum Gasteiger partial charge on any atom is -0.394 e. The summed E-state index contributed by atoms with van der Waals surface area (Å²) in [5.74, 6) is 0. The van der Waals surface area contributed by atoms with Gasteiger partial charge in [0.1, 0.15) is 36.6 Å². The Hall–Kier alpha value is -0.400. The molecular weight excluding hydrogens is 304 g/mol. The summed E-state index contributed by atoms with van der Waals surface area (Å²) in [6, 6.07) is 0. The number of aliphatic hydroxyl groups is 7. The van der Waals surface area contributed by atoms with Crippen LogP contribution < -0.4 is 0 Å². The second-order valence-electron chi connectivity index (χ2n) is 5.41. The van der Waals surface area contributed by atoms with Crippen LogP contribution in [0.15, 0.2) is 0 Å². The van der Waals surface area contributed by atoms with Crippen molar-refractivity contribution in [2.75, 3.05) is 13.2 Å². The average molecular weight is 326 g/mol. The van der Waals surface area contributed by atoms with E-state index < -0.39 is 68.5 Å². The molecular formula is C12H22O10. The number of hydrogen-bond donors (Lipinski definition) is 7. The third-order valence-corrected chi connectivity index (χ3v) is 3.86. The van der Waals surface area contributed by atoms with Crippen LogP contribution in [-0.2, 0) is 14.2 Å². The van der Waals surface area contributed by atoms with Crippen molar-refractivity contribution in [2.45, 2.75) is 61.7 Å². The molecule has 2 rings (SSSR count). The molecule has 10 heteroatoms. The zero-order chi connectivity index (χ0) is 16.4. The monoisotopic (exact) mass is 326 g/mol. The summed E-state index contributed by atoms with van der Waals surface area (Å²) >= 11 is 0. The first-order valence-electron chi connectivity index (χ1n) is 6.97. The van der Waals surface area contributed by atoms with Crippen LogP contribution in [0.5, 0.6) is 0 Å². The maximum Gasteiger partial charge on any atom is 0.187 e. The first-order valence-corrected chi connectivity index (χ1v) is 6.97. The highest BCUT2D eigenvalue weighted by molar-refractivity contribution is 4.91. The highest BCUT2D eigenvalue weighted by Crippen LogP contribution is 2.27. The third-order valence-electron chi connectivity index (χ3n) is 3.86. The predicted octanol–water partition coefficient (Wildman–Crippen LogP) is -4.37. The van der Waals surface area contributed by atoms with Crippen LogP contribution in [0, 0.1) is 0 Å². The molecule has 0 aromatic rings. The van der Waals surface area contributed by atoms with E-state index in [4.69, 9.17) is 24.4 Å². The Labute approximate surface area is 126 Å². The third kappa shape index (κ3) is 3.57. The summed E-state index contributed by atoms with van der Waals surface area (Å²) in [4.78, 5) is 0. The zero-order valence-electron chi connectivity index (χ0n) is 11.7. The molecule has 2 fully saturated rings. The van der Waals surface area contributed by atoms with Crippen LogP contribution in [0.1, 0.15) is 6.42 Å². The molecule has 130 valence electrons. The van der Waals surface area contributed by atoms with Crippen molar-refractivity contribution >= 4 is 0 Å². The molecule has 0 aliphatic carbocycles. The molecule has 10 nitrogen and oxygen atoms in total. The molecule has 0 aromatic heterocycles. The molecule has 0 aromatic carbocycles. The second-order valence-corrected chi connectivity index (χ2v) is 5.41. The van der Waals surface area contributed by atoms with Gasteiger partial charge in [-0.15, -0.1) is 0 Å². The molecule has 2 saturated heterocycles. The molecule has 5 unspecified atom stereocenters. The fourth-order valence-electron chi connectivity index (χ4n) is 2.55. The largest absolute Gasteiger partial charge is 0.394 e. The molecule has 2 aliphatic rings. The molecule has 0 spiro atoms. The lowest BCUT2D eigenvalue weighted by Gasteiger charge is -2.43. The van der Waals surface area contributed by atoms with Gasteiger partial charge in [-0.1, -0.05) is 0 Å². The van der Waals surface area contributed by atoms with Gasteiger partial charge in [0.05, 0.1) is 19.3 Å². The van der Waals surface area contributed by atoms with Gasteiger partial charge in [0.25, 0.3) is 0 Å². The van der Waals surface area contributed by atoms with E-state index in [1.54, 1.807) is 0 Å². The van der Waals surface area contributed by atoms with Gasteiger partial charge in [0, 0.05) is 6.42 Å². The summed E-state index contributed by atoms with van der Waals surface area (Å²) in [6.45, 7) is -1.16. The van der Waals surface area contributed by atoms with E-state index in [-0.39, 0.29) is 6.42 Å². The Kier molecular flexibility index (Phi) is 6.07. The Morgan fingerprint density at radius 1 is 0.773 bits per heavy atom. The Morgan fingerprint density at radius 2 is 1.36 bits per heavy atom. The van der Waals surface area contributed by atoms with E-state index in [1.165, 1.54) is 0 Å². The minimum absolute atomic E-state index is 0.146. The van der Waals surface area contributed by atoms with Gasteiger partial charge in [0.2, 0.25) is 0 Å². The number of ether oxygens (including phenoxy) is 3. The summed E-state index contributed by atoms with van der Waals surface area (Å²) in [5, 5.41) is 66.9. The lowest BCUT2D eigenvalue weighted by atomic mass is 9.98. The quantitative estimate of drug-likeness (QED) is 0.268. The van der Waals surface area contributed by atoms with E-state index in [0.717, 1.165) is 0 Å². The van der Waals surface area contributed by atoms with Crippen LogP contribution in [0.4, 0.5) is 0 Å². The molecule has 0 radical (unpaired) electrons. The zero-order valence-corrected chi connectivity index (χ0v) is 11.7. The van der Waals surface area contributed by atoms with Crippen LogP contribution in [-0.4, -0.2) is 104 Å². The van der Waals surface area contributed by atoms with E-state index in [2.05, 4.69) is 0 Å². The maximum atomic E-state index is 9.98. The molecule has 9 atom stereocenters. The number of aliphatic hydroxyl groups excluding tert-OH is 7. The van der Waals surface area contributed by atoms with E-state index in [9.17, 15) is 25.5 Å². The van der Waals surface area contributed by atoms with Gasteiger partial charge < -0.3 is 50.0 Å². The van der Waals surface area contributed by atoms with Gasteiger partial charge in [0.15, 0.2) is 12.6 Å². The van der Waals surface area contributed by atoms with Gasteiger partial charge in [-0.2, -0.15) is 0 Å². The summed E-state index contributed by atoms with van der Waals surface area (Å²) in [7, 11) is 0. The van der Waals surface area contributed by atoms with Crippen molar-refractivity contribution < 1.29 is 50.0 Å². The SMILES string of the molecule is OCC1OC(O[C@H]2C[C@H](O)O[C@H](CO)[C@@H]2O)C(O)C(O)C1O. The van der Waals surface area contributed by atoms with E-state index in [0.29, 0.717) is 0 Å². The van der Waals surface area contributed by atoms with Crippen LogP contribution >= 0.6 is 0 Å². The molecule has 22 heavy (non-hydrogen) atoms. The standard InChI is InChI=1S/C12H22O10/c13-2-5-8(16)4(1-7(15)20-5)21-12-11(19)10(18)9(17)6(3-14)22-12/h4-19H,1-3H2/t4-,5+,6?,7+,8+,9?,10?,11?,12?/m0/s1. The lowest BCUT2D eigenvalue weighted by molar-refractivity contribution is -0.336. The summed E-state index contributed by atoms with van der Waals surface area (Å²) < 4.78 is 15.4. The van der Waals surface area contributed by atoms with Gasteiger partial charge in [-0.05, 0) is 0 Å². The first kappa shape index (κ1) is 17.9. The fourth-order valence-corrected chi connectivity index (χ4v) is 2.55. The highest BCUT2D eigenvalue weighted by Gasteiger charge is 2.47. The Bertz CT molecular complexity index is 353. The first-order chi connectivity index (χ1) is 10.4. The van der Waals surface area contributed by atoms with Crippen LogP contribution in [0.25, 0.3) is 0 Å². The second kappa shape index (κ2) is 7.45. The predicted molar refractivity (Wildman–Crippen MR) is 67.2 cm³/mol. The highest BCUT2D eigenvalue weighted by atomic mass is 16.7. The molecule has 0 amide bonds. The van der Waals surface area contributed by atoms with Crippen molar-refractivity contribution in [2.24, 2.45) is 0 Å². The maximum absolute atomic E-state index is 9.98. The Morgan fingerprint density at radius 3 is 1.95 bits per heavy atom. The molecule has 2 heterocycles. The smallest absolute Gasteiger partial charge is 0.187 e. The summed E-state index contributed by atoms with van der Waals surface area (Å²) in [5.41, 5.74) is 0. The van der Waals surface area contributed by atoms with E-state index in [1.807, 2.05) is 0 Å². The van der Waals surface area contributed by atoms with Crippen molar-refractivity contribution in [3.63, 3.8) is 0 Å². The molecule has 0 saturated carbocycles. The minimum atomic E-state index is -1.61. The Balaban J connectivity index is 2.04. The van der Waals surface area contributed by atoms with Crippen LogP contribution in [0.2, 0.25) is 0 Å². The fraction of sp³-hybridized carbons (Fsp3) is 1.00. The molecule has 7 N–H and O–H groups in total. The van der Waals surface area contributed by atoms with E-state index >= 15 is 0 Å². The molecule has 2 aliphatic heterocycles. The van der Waals surface area contributed by atoms with Crippen molar-refractivity contribution in [3.8, 4) is 0 Å². The van der Waals surface area contributed by atoms with Crippen molar-refractivity contribution in [3.05, 3.63) is 0 Å². The number of hydrogen-bond acceptors (Lipinski definition) is 10. The lowest BCUT2D eigenvalue weighted by Crippen LogP contribution is -2.61.